The highest BCUT2D eigenvalue weighted by Gasteiger charge is 2.23. The Kier molecular flexibility index (Phi) is 5.94. The van der Waals surface area contributed by atoms with Crippen molar-refractivity contribution in [1.82, 2.24) is 4.90 Å². The minimum Gasteiger partial charge on any atom is -0.324 e. The summed E-state index contributed by atoms with van der Waals surface area (Å²) in [7, 11) is 0. The molecule has 3 nitrogen and oxygen atoms in total. The topological polar surface area (TPSA) is 32.3 Å². The van der Waals surface area contributed by atoms with Crippen molar-refractivity contribution >= 4 is 23.4 Å². The van der Waals surface area contributed by atoms with E-state index in [0.717, 1.165) is 42.3 Å². The van der Waals surface area contributed by atoms with Gasteiger partial charge in [-0.15, -0.1) is 0 Å². The van der Waals surface area contributed by atoms with Gasteiger partial charge >= 0.3 is 0 Å². The third kappa shape index (κ3) is 4.40. The van der Waals surface area contributed by atoms with Gasteiger partial charge in [-0.3, -0.25) is 9.69 Å². The first-order chi connectivity index (χ1) is 11.7. The molecule has 3 rings (SSSR count). The molecule has 1 aliphatic rings. The first kappa shape index (κ1) is 17.1. The summed E-state index contributed by atoms with van der Waals surface area (Å²) in [5.41, 5.74) is 3.32. The van der Waals surface area contributed by atoms with E-state index in [1.165, 1.54) is 5.56 Å². The van der Waals surface area contributed by atoms with Gasteiger partial charge in [0.15, 0.2) is 0 Å². The summed E-state index contributed by atoms with van der Waals surface area (Å²) in [6, 6.07) is 18.4. The van der Waals surface area contributed by atoms with Gasteiger partial charge in [-0.25, -0.2) is 0 Å². The number of para-hydroxylation sites is 1. The van der Waals surface area contributed by atoms with Gasteiger partial charge < -0.3 is 5.32 Å². The number of carbonyl (C=O) groups excluding carboxylic acids is 1. The fraction of sp³-hybridized carbons (Fsp3) is 0.350. The zero-order valence-corrected chi connectivity index (χ0v) is 14.9. The van der Waals surface area contributed by atoms with Crippen LogP contribution >= 0.6 is 11.8 Å². The monoisotopic (exact) mass is 340 g/mol. The predicted octanol–water partition coefficient (Wildman–Crippen LogP) is 3.65. The molecule has 0 saturated carbocycles. The Morgan fingerprint density at radius 2 is 1.75 bits per heavy atom. The van der Waals surface area contributed by atoms with Crippen LogP contribution in [-0.2, 0) is 11.2 Å². The SMILES string of the molecule is C[C@@H](C(=O)Nc1ccccc1Cc1ccccc1)N1CCSCC1. The molecule has 0 unspecified atom stereocenters. The first-order valence-electron chi connectivity index (χ1n) is 8.48. The molecule has 0 aliphatic carbocycles. The lowest BCUT2D eigenvalue weighted by Gasteiger charge is -2.31. The summed E-state index contributed by atoms with van der Waals surface area (Å²) >= 11 is 1.96. The predicted molar refractivity (Wildman–Crippen MR) is 103 cm³/mol. The maximum Gasteiger partial charge on any atom is 0.241 e. The normalized spacial score (nSPS) is 16.5. The summed E-state index contributed by atoms with van der Waals surface area (Å²) in [6.45, 7) is 3.99. The van der Waals surface area contributed by atoms with E-state index >= 15 is 0 Å². The maximum absolute atomic E-state index is 12.7. The molecule has 2 aromatic carbocycles. The Bertz CT molecular complexity index is 668. The smallest absolute Gasteiger partial charge is 0.241 e. The molecule has 1 N–H and O–H groups in total. The van der Waals surface area contributed by atoms with Crippen LogP contribution < -0.4 is 5.32 Å². The van der Waals surface area contributed by atoms with E-state index in [1.807, 2.05) is 55.1 Å². The molecule has 2 aromatic rings. The fourth-order valence-corrected chi connectivity index (χ4v) is 3.91. The van der Waals surface area contributed by atoms with E-state index in [2.05, 4.69) is 28.4 Å². The molecule has 0 bridgehead atoms. The van der Waals surface area contributed by atoms with Gasteiger partial charge in [0.2, 0.25) is 5.91 Å². The minimum atomic E-state index is -0.0873. The number of thioether (sulfide) groups is 1. The molecule has 0 spiro atoms. The second-order valence-corrected chi connectivity index (χ2v) is 7.36. The minimum absolute atomic E-state index is 0.0856. The summed E-state index contributed by atoms with van der Waals surface area (Å²) in [5, 5.41) is 3.14. The molecule has 1 heterocycles. The second kappa shape index (κ2) is 8.36. The summed E-state index contributed by atoms with van der Waals surface area (Å²) in [4.78, 5) is 14.9. The van der Waals surface area contributed by atoms with Crippen molar-refractivity contribution < 1.29 is 4.79 Å². The van der Waals surface area contributed by atoms with E-state index in [-0.39, 0.29) is 11.9 Å². The highest BCUT2D eigenvalue weighted by atomic mass is 32.2. The molecular formula is C20H24N2OS. The Morgan fingerprint density at radius 3 is 2.50 bits per heavy atom. The summed E-state index contributed by atoms with van der Waals surface area (Å²) in [6.07, 6.45) is 0.825. The molecule has 4 heteroatoms. The molecule has 0 aromatic heterocycles. The van der Waals surface area contributed by atoms with Crippen LogP contribution in [0.5, 0.6) is 0 Å². The number of hydrogen-bond acceptors (Lipinski definition) is 3. The van der Waals surface area contributed by atoms with Crippen LogP contribution in [0.2, 0.25) is 0 Å². The number of hydrogen-bond donors (Lipinski definition) is 1. The van der Waals surface area contributed by atoms with Gasteiger partial charge in [-0.2, -0.15) is 11.8 Å². The summed E-state index contributed by atoms with van der Waals surface area (Å²) in [5.74, 6) is 2.31. The van der Waals surface area contributed by atoms with Gasteiger partial charge in [0.05, 0.1) is 6.04 Å². The number of benzene rings is 2. The zero-order valence-electron chi connectivity index (χ0n) is 14.1. The third-order valence-corrected chi connectivity index (χ3v) is 5.43. The van der Waals surface area contributed by atoms with Crippen molar-refractivity contribution in [3.63, 3.8) is 0 Å². The van der Waals surface area contributed by atoms with E-state index in [1.54, 1.807) is 0 Å². The number of rotatable bonds is 5. The zero-order chi connectivity index (χ0) is 16.8. The van der Waals surface area contributed by atoms with Crippen LogP contribution in [0.25, 0.3) is 0 Å². The molecule has 1 fully saturated rings. The Hall–Kier alpha value is -1.78. The lowest BCUT2D eigenvalue weighted by Crippen LogP contribution is -2.46. The lowest BCUT2D eigenvalue weighted by atomic mass is 10.0. The van der Waals surface area contributed by atoms with Gasteiger partial charge in [0, 0.05) is 30.3 Å². The maximum atomic E-state index is 12.7. The molecule has 1 saturated heterocycles. The Labute approximate surface area is 148 Å². The van der Waals surface area contributed by atoms with Crippen molar-refractivity contribution in [2.24, 2.45) is 0 Å². The molecular weight excluding hydrogens is 316 g/mol. The van der Waals surface area contributed by atoms with E-state index in [9.17, 15) is 4.79 Å². The average Bonchev–Trinajstić information content (AvgIpc) is 2.64. The number of nitrogens with zero attached hydrogens (tertiary/aromatic N) is 1. The van der Waals surface area contributed by atoms with Gasteiger partial charge in [-0.1, -0.05) is 48.5 Å². The van der Waals surface area contributed by atoms with Crippen molar-refractivity contribution in [3.05, 3.63) is 65.7 Å². The van der Waals surface area contributed by atoms with Crippen LogP contribution in [-0.4, -0.2) is 41.4 Å². The number of carbonyl (C=O) groups is 1. The van der Waals surface area contributed by atoms with Gasteiger partial charge in [0.1, 0.15) is 0 Å². The van der Waals surface area contributed by atoms with Crippen LogP contribution in [0.15, 0.2) is 54.6 Å². The van der Waals surface area contributed by atoms with E-state index < -0.39 is 0 Å². The van der Waals surface area contributed by atoms with Crippen LogP contribution in [0.3, 0.4) is 0 Å². The third-order valence-electron chi connectivity index (χ3n) is 4.49. The highest BCUT2D eigenvalue weighted by molar-refractivity contribution is 7.99. The van der Waals surface area contributed by atoms with Gasteiger partial charge in [0.25, 0.3) is 0 Å². The van der Waals surface area contributed by atoms with Crippen LogP contribution in [0.4, 0.5) is 5.69 Å². The average molecular weight is 340 g/mol. The highest BCUT2D eigenvalue weighted by Crippen LogP contribution is 2.20. The number of anilines is 1. The first-order valence-corrected chi connectivity index (χ1v) is 9.64. The molecule has 1 aliphatic heterocycles. The van der Waals surface area contributed by atoms with E-state index in [0.29, 0.717) is 0 Å². The van der Waals surface area contributed by atoms with Gasteiger partial charge in [-0.05, 0) is 30.5 Å². The molecule has 24 heavy (non-hydrogen) atoms. The standard InChI is InChI=1S/C20H24N2OS/c1-16(22-11-13-24-14-12-22)20(23)21-19-10-6-5-9-18(19)15-17-7-3-2-4-8-17/h2-10,16H,11-15H2,1H3,(H,21,23)/t16-/m0/s1. The van der Waals surface area contributed by atoms with Crippen molar-refractivity contribution in [1.29, 1.82) is 0 Å². The molecule has 1 atom stereocenters. The van der Waals surface area contributed by atoms with Crippen LogP contribution in [0.1, 0.15) is 18.1 Å². The molecule has 1 amide bonds. The van der Waals surface area contributed by atoms with Crippen molar-refractivity contribution in [2.75, 3.05) is 29.9 Å². The van der Waals surface area contributed by atoms with Crippen LogP contribution in [0, 0.1) is 0 Å². The quantitative estimate of drug-likeness (QED) is 0.902. The van der Waals surface area contributed by atoms with E-state index in [4.69, 9.17) is 0 Å². The Balaban J connectivity index is 1.69. The van der Waals surface area contributed by atoms with Crippen molar-refractivity contribution in [3.8, 4) is 0 Å². The molecule has 126 valence electrons. The second-order valence-electron chi connectivity index (χ2n) is 6.13. The Morgan fingerprint density at radius 1 is 1.08 bits per heavy atom. The molecule has 0 radical (unpaired) electrons. The fourth-order valence-electron chi connectivity index (χ4n) is 2.98. The largest absolute Gasteiger partial charge is 0.324 e. The lowest BCUT2D eigenvalue weighted by molar-refractivity contribution is -0.120. The van der Waals surface area contributed by atoms with Crippen molar-refractivity contribution in [2.45, 2.75) is 19.4 Å². The number of nitrogens with one attached hydrogen (secondary N) is 1. The number of amides is 1. The summed E-state index contributed by atoms with van der Waals surface area (Å²) < 4.78 is 0.